The number of para-hydroxylation sites is 1. The van der Waals surface area contributed by atoms with Gasteiger partial charge in [-0.05, 0) is 25.5 Å². The van der Waals surface area contributed by atoms with Crippen molar-refractivity contribution in [3.05, 3.63) is 39.6 Å². The zero-order valence-electron chi connectivity index (χ0n) is 11.7. The first-order chi connectivity index (χ1) is 10.7. The Morgan fingerprint density at radius 1 is 1.32 bits per heavy atom. The molecule has 1 unspecified atom stereocenters. The number of rotatable bonds is 2. The molecule has 2 aromatic heterocycles. The molecule has 1 aliphatic heterocycles. The summed E-state index contributed by atoms with van der Waals surface area (Å²) in [7, 11) is 0. The zero-order valence-corrected chi connectivity index (χ0v) is 12.5. The van der Waals surface area contributed by atoms with E-state index in [1.165, 1.54) is 15.9 Å². The highest BCUT2D eigenvalue weighted by Crippen LogP contribution is 2.26. The van der Waals surface area contributed by atoms with E-state index >= 15 is 0 Å². The average molecular weight is 314 g/mol. The van der Waals surface area contributed by atoms with Gasteiger partial charge in [0.2, 0.25) is 4.96 Å². The molecule has 0 bridgehead atoms. The molecule has 3 heterocycles. The predicted octanol–water partition coefficient (Wildman–Crippen LogP) is 1.22. The van der Waals surface area contributed by atoms with Crippen LogP contribution in [0.1, 0.15) is 23.9 Å². The quantitative estimate of drug-likeness (QED) is 0.690. The number of fused-ring (bicyclic) bond motifs is 1. The van der Waals surface area contributed by atoms with Crippen molar-refractivity contribution in [2.24, 2.45) is 0 Å². The highest BCUT2D eigenvalue weighted by atomic mass is 32.1. The van der Waals surface area contributed by atoms with Crippen molar-refractivity contribution in [3.8, 4) is 11.3 Å². The summed E-state index contributed by atoms with van der Waals surface area (Å²) in [4.78, 5) is 13.1. The number of aromatic nitrogens is 4. The van der Waals surface area contributed by atoms with E-state index in [0.29, 0.717) is 16.2 Å². The molecule has 3 N–H and O–H groups in total. The van der Waals surface area contributed by atoms with Gasteiger partial charge in [0.15, 0.2) is 5.69 Å². The van der Waals surface area contributed by atoms with Crippen molar-refractivity contribution in [2.75, 3.05) is 12.3 Å². The van der Waals surface area contributed by atoms with Gasteiger partial charge in [0, 0.05) is 11.3 Å². The van der Waals surface area contributed by atoms with Gasteiger partial charge in [0.25, 0.3) is 0 Å². The average Bonchev–Trinajstić information content (AvgIpc) is 3.17. The summed E-state index contributed by atoms with van der Waals surface area (Å²) in [6, 6.07) is 7.33. The van der Waals surface area contributed by atoms with Crippen molar-refractivity contribution in [3.63, 3.8) is 0 Å². The Hall–Kier alpha value is -2.32. The molecule has 1 saturated heterocycles. The number of nitrogen functional groups attached to an aromatic ring is 1. The van der Waals surface area contributed by atoms with Gasteiger partial charge in [-0.25, -0.2) is 0 Å². The fourth-order valence-corrected chi connectivity index (χ4v) is 3.59. The van der Waals surface area contributed by atoms with Gasteiger partial charge in [-0.2, -0.15) is 9.61 Å². The molecule has 0 radical (unpaired) electrons. The van der Waals surface area contributed by atoms with Crippen LogP contribution in [-0.4, -0.2) is 26.4 Å². The zero-order chi connectivity index (χ0) is 15.1. The molecular formula is C14H14N6OS. The molecule has 0 amide bonds. The third-order valence-electron chi connectivity index (χ3n) is 3.78. The molecule has 4 rings (SSSR count). The van der Waals surface area contributed by atoms with Crippen LogP contribution in [-0.2, 0) is 0 Å². The van der Waals surface area contributed by atoms with E-state index in [1.54, 1.807) is 12.1 Å². The molecule has 22 heavy (non-hydrogen) atoms. The van der Waals surface area contributed by atoms with Crippen molar-refractivity contribution in [2.45, 2.75) is 18.9 Å². The second-order valence-electron chi connectivity index (χ2n) is 5.22. The molecule has 0 aliphatic carbocycles. The maximum absolute atomic E-state index is 12.6. The lowest BCUT2D eigenvalue weighted by molar-refractivity contribution is 0.627. The minimum atomic E-state index is -0.289. The Kier molecular flexibility index (Phi) is 3.12. The van der Waals surface area contributed by atoms with Crippen LogP contribution in [0.15, 0.2) is 29.1 Å². The molecule has 3 aromatic rings. The van der Waals surface area contributed by atoms with E-state index in [9.17, 15) is 4.79 Å². The Balaban J connectivity index is 1.87. The summed E-state index contributed by atoms with van der Waals surface area (Å²) in [6.45, 7) is 0.979. The first-order valence-electron chi connectivity index (χ1n) is 7.09. The van der Waals surface area contributed by atoms with E-state index in [4.69, 9.17) is 5.73 Å². The molecule has 1 aromatic carbocycles. The van der Waals surface area contributed by atoms with Crippen molar-refractivity contribution < 1.29 is 0 Å². The third kappa shape index (κ3) is 2.08. The van der Waals surface area contributed by atoms with Crippen LogP contribution >= 0.6 is 11.3 Å². The lowest BCUT2D eigenvalue weighted by Crippen LogP contribution is -2.20. The lowest BCUT2D eigenvalue weighted by Gasteiger charge is -2.03. The third-order valence-corrected chi connectivity index (χ3v) is 4.79. The van der Waals surface area contributed by atoms with E-state index in [1.807, 2.05) is 12.1 Å². The maximum atomic E-state index is 12.6. The summed E-state index contributed by atoms with van der Waals surface area (Å²) in [5.74, 6) is 0. The first-order valence-corrected chi connectivity index (χ1v) is 7.90. The van der Waals surface area contributed by atoms with Crippen LogP contribution in [0.5, 0.6) is 0 Å². The monoisotopic (exact) mass is 314 g/mol. The summed E-state index contributed by atoms with van der Waals surface area (Å²) in [5, 5.41) is 16.9. The first kappa shape index (κ1) is 13.4. The fourth-order valence-electron chi connectivity index (χ4n) is 2.65. The second-order valence-corrected chi connectivity index (χ2v) is 6.21. The van der Waals surface area contributed by atoms with Crippen LogP contribution in [0, 0.1) is 0 Å². The van der Waals surface area contributed by atoms with Crippen LogP contribution in [0.25, 0.3) is 16.2 Å². The molecule has 112 valence electrons. The molecule has 1 atom stereocenters. The van der Waals surface area contributed by atoms with E-state index < -0.39 is 0 Å². The minimum absolute atomic E-state index is 0.205. The molecule has 1 fully saturated rings. The number of hydrogen-bond acceptors (Lipinski definition) is 7. The SMILES string of the molecule is Nc1ccccc1-c1nnc2sc(C3CCCN3)nn2c1=O. The molecule has 7 nitrogen and oxygen atoms in total. The van der Waals surface area contributed by atoms with Crippen LogP contribution < -0.4 is 16.6 Å². The second kappa shape index (κ2) is 5.15. The summed E-state index contributed by atoms with van der Waals surface area (Å²) in [5.41, 5.74) is 6.95. The largest absolute Gasteiger partial charge is 0.398 e. The highest BCUT2D eigenvalue weighted by molar-refractivity contribution is 7.16. The Bertz CT molecular complexity index is 896. The van der Waals surface area contributed by atoms with Crippen molar-refractivity contribution in [1.82, 2.24) is 25.1 Å². The Labute approximate surface area is 129 Å². The van der Waals surface area contributed by atoms with Crippen LogP contribution in [0.3, 0.4) is 0 Å². The maximum Gasteiger partial charge on any atom is 0.302 e. The minimum Gasteiger partial charge on any atom is -0.398 e. The van der Waals surface area contributed by atoms with Gasteiger partial charge in [-0.3, -0.25) is 4.79 Å². The number of hydrogen-bond donors (Lipinski definition) is 2. The molecule has 1 aliphatic rings. The molecule has 0 saturated carbocycles. The molecule has 8 heteroatoms. The molecular weight excluding hydrogens is 300 g/mol. The normalized spacial score (nSPS) is 18.1. The number of nitrogens with two attached hydrogens (primary N) is 1. The van der Waals surface area contributed by atoms with E-state index in [2.05, 4.69) is 20.6 Å². The summed E-state index contributed by atoms with van der Waals surface area (Å²) < 4.78 is 1.33. The number of nitrogens with one attached hydrogen (secondary N) is 1. The summed E-state index contributed by atoms with van der Waals surface area (Å²) >= 11 is 1.40. The van der Waals surface area contributed by atoms with Crippen molar-refractivity contribution >= 4 is 22.0 Å². The van der Waals surface area contributed by atoms with Crippen molar-refractivity contribution in [1.29, 1.82) is 0 Å². The van der Waals surface area contributed by atoms with Gasteiger partial charge in [-0.15, -0.1) is 10.2 Å². The van der Waals surface area contributed by atoms with Gasteiger partial charge in [0.05, 0.1) is 6.04 Å². The standard InChI is InChI=1S/C14H14N6OS/c15-9-5-2-1-4-8(9)11-13(21)20-14(18-17-11)22-12(19-20)10-6-3-7-16-10/h1-2,4-5,10,16H,3,6-7,15H2. The summed E-state index contributed by atoms with van der Waals surface area (Å²) in [6.07, 6.45) is 2.15. The topological polar surface area (TPSA) is 98.2 Å². The Morgan fingerprint density at radius 2 is 2.18 bits per heavy atom. The predicted molar refractivity (Wildman–Crippen MR) is 84.8 cm³/mol. The number of benzene rings is 1. The Morgan fingerprint density at radius 3 is 2.95 bits per heavy atom. The van der Waals surface area contributed by atoms with Gasteiger partial charge in [-0.1, -0.05) is 29.5 Å². The van der Waals surface area contributed by atoms with Gasteiger partial charge < -0.3 is 11.1 Å². The van der Waals surface area contributed by atoms with E-state index in [-0.39, 0.29) is 17.3 Å². The van der Waals surface area contributed by atoms with Gasteiger partial charge in [0.1, 0.15) is 5.01 Å². The smallest absolute Gasteiger partial charge is 0.302 e. The van der Waals surface area contributed by atoms with Crippen LogP contribution in [0.2, 0.25) is 0 Å². The molecule has 0 spiro atoms. The highest BCUT2D eigenvalue weighted by Gasteiger charge is 2.22. The van der Waals surface area contributed by atoms with Crippen LogP contribution in [0.4, 0.5) is 5.69 Å². The fraction of sp³-hybridized carbons (Fsp3) is 0.286. The lowest BCUT2D eigenvalue weighted by atomic mass is 10.1. The number of nitrogens with zero attached hydrogens (tertiary/aromatic N) is 4. The van der Waals surface area contributed by atoms with E-state index in [0.717, 1.165) is 24.4 Å². The number of anilines is 1. The van der Waals surface area contributed by atoms with Gasteiger partial charge >= 0.3 is 5.56 Å².